The monoisotopic (exact) mass is 341 g/mol. The fraction of sp³-hybridized carbons (Fsp3) is 0.421. The first-order valence-electron chi connectivity index (χ1n) is 8.56. The molecule has 132 valence electrons. The average molecular weight is 341 g/mol. The number of amides is 1. The minimum Gasteiger partial charge on any atom is -0.484 e. The lowest BCUT2D eigenvalue weighted by Crippen LogP contribution is -2.34. The van der Waals surface area contributed by atoms with Crippen molar-refractivity contribution in [3.8, 4) is 11.6 Å². The molecule has 1 amide bonds. The number of carbonyl (C=O) groups is 1. The fourth-order valence-electron chi connectivity index (χ4n) is 2.76. The highest BCUT2D eigenvalue weighted by atomic mass is 16.5. The van der Waals surface area contributed by atoms with Gasteiger partial charge in [0.1, 0.15) is 11.9 Å². The summed E-state index contributed by atoms with van der Waals surface area (Å²) in [4.78, 5) is 14.1. The van der Waals surface area contributed by atoms with Gasteiger partial charge in [0, 0.05) is 25.2 Å². The predicted octanol–water partition coefficient (Wildman–Crippen LogP) is 2.66. The van der Waals surface area contributed by atoms with Crippen molar-refractivity contribution in [2.24, 2.45) is 0 Å². The molecule has 0 radical (unpaired) electrons. The van der Waals surface area contributed by atoms with Gasteiger partial charge in [-0.05, 0) is 29.7 Å². The van der Waals surface area contributed by atoms with Crippen LogP contribution in [-0.2, 0) is 4.79 Å². The van der Waals surface area contributed by atoms with Gasteiger partial charge in [0.25, 0.3) is 5.91 Å². The molecule has 1 atom stereocenters. The summed E-state index contributed by atoms with van der Waals surface area (Å²) in [6.45, 7) is 5.54. The third-order valence-corrected chi connectivity index (χ3v) is 4.24. The molecule has 2 heterocycles. The Morgan fingerprint density at radius 1 is 1.28 bits per heavy atom. The first-order chi connectivity index (χ1) is 12.1. The van der Waals surface area contributed by atoms with Gasteiger partial charge in [0.2, 0.25) is 5.88 Å². The second-order valence-corrected chi connectivity index (χ2v) is 6.44. The molecule has 1 aromatic heterocycles. The maximum atomic E-state index is 12.3. The van der Waals surface area contributed by atoms with Gasteiger partial charge in [-0.1, -0.05) is 26.0 Å². The van der Waals surface area contributed by atoms with E-state index in [0.29, 0.717) is 30.6 Å². The van der Waals surface area contributed by atoms with Crippen LogP contribution in [0.1, 0.15) is 31.7 Å². The Morgan fingerprint density at radius 3 is 2.76 bits per heavy atom. The van der Waals surface area contributed by atoms with Gasteiger partial charge in [0.05, 0.1) is 6.54 Å². The van der Waals surface area contributed by atoms with Gasteiger partial charge in [-0.3, -0.25) is 4.79 Å². The van der Waals surface area contributed by atoms with E-state index in [4.69, 9.17) is 9.47 Å². The van der Waals surface area contributed by atoms with E-state index in [-0.39, 0.29) is 18.6 Å². The van der Waals surface area contributed by atoms with Crippen LogP contribution in [0.4, 0.5) is 0 Å². The van der Waals surface area contributed by atoms with Crippen LogP contribution in [0.25, 0.3) is 0 Å². The second kappa shape index (κ2) is 7.96. The summed E-state index contributed by atoms with van der Waals surface area (Å²) in [5.74, 6) is 1.65. The van der Waals surface area contributed by atoms with Crippen LogP contribution in [0.2, 0.25) is 0 Å². The molecule has 1 unspecified atom stereocenters. The van der Waals surface area contributed by atoms with Gasteiger partial charge in [-0.25, -0.2) is 0 Å². The van der Waals surface area contributed by atoms with Crippen molar-refractivity contribution >= 4 is 5.91 Å². The first-order valence-corrected chi connectivity index (χ1v) is 8.56. The molecule has 6 heteroatoms. The van der Waals surface area contributed by atoms with E-state index >= 15 is 0 Å². The van der Waals surface area contributed by atoms with Gasteiger partial charge in [-0.2, -0.15) is 5.10 Å². The number of nitrogens with zero attached hydrogens (tertiary/aromatic N) is 3. The van der Waals surface area contributed by atoms with Crippen molar-refractivity contribution in [2.45, 2.75) is 32.3 Å². The van der Waals surface area contributed by atoms with Crippen LogP contribution in [0, 0.1) is 0 Å². The molecular weight excluding hydrogens is 318 g/mol. The predicted molar refractivity (Wildman–Crippen MR) is 93.7 cm³/mol. The summed E-state index contributed by atoms with van der Waals surface area (Å²) in [7, 11) is 0. The molecule has 1 fully saturated rings. The zero-order valence-corrected chi connectivity index (χ0v) is 14.6. The van der Waals surface area contributed by atoms with E-state index in [9.17, 15) is 4.79 Å². The molecule has 0 bridgehead atoms. The zero-order valence-electron chi connectivity index (χ0n) is 14.6. The van der Waals surface area contributed by atoms with E-state index in [1.54, 1.807) is 23.2 Å². The number of ether oxygens (including phenoxy) is 2. The minimum absolute atomic E-state index is 0.0295. The maximum absolute atomic E-state index is 12.3. The lowest BCUT2D eigenvalue weighted by atomic mass is 10.0. The quantitative estimate of drug-likeness (QED) is 0.808. The van der Waals surface area contributed by atoms with Crippen molar-refractivity contribution in [3.63, 3.8) is 0 Å². The fourth-order valence-corrected chi connectivity index (χ4v) is 2.76. The number of rotatable bonds is 6. The molecule has 0 N–H and O–H groups in total. The topological polar surface area (TPSA) is 64.5 Å². The molecule has 1 aliphatic rings. The Balaban J connectivity index is 1.46. The highest BCUT2D eigenvalue weighted by Gasteiger charge is 2.28. The van der Waals surface area contributed by atoms with Crippen LogP contribution in [0.3, 0.4) is 0 Å². The molecule has 1 saturated heterocycles. The third kappa shape index (κ3) is 4.68. The Morgan fingerprint density at radius 2 is 2.08 bits per heavy atom. The Kier molecular flexibility index (Phi) is 5.48. The highest BCUT2D eigenvalue weighted by molar-refractivity contribution is 5.78. The molecular formula is C19H23N3O3. The van der Waals surface area contributed by atoms with Gasteiger partial charge < -0.3 is 14.4 Å². The van der Waals surface area contributed by atoms with Gasteiger partial charge >= 0.3 is 0 Å². The maximum Gasteiger partial charge on any atom is 0.260 e. The molecule has 25 heavy (non-hydrogen) atoms. The van der Waals surface area contributed by atoms with Gasteiger partial charge in [0.15, 0.2) is 6.61 Å². The summed E-state index contributed by atoms with van der Waals surface area (Å²) in [5, 5.41) is 7.69. The summed E-state index contributed by atoms with van der Waals surface area (Å²) in [6.07, 6.45) is 2.33. The largest absolute Gasteiger partial charge is 0.484 e. The SMILES string of the molecule is CC(C)c1ccc(OCC(=O)N2CCC(Oc3cccnn3)C2)cc1. The van der Waals surface area contributed by atoms with Crippen molar-refractivity contribution in [2.75, 3.05) is 19.7 Å². The van der Waals surface area contributed by atoms with E-state index in [1.165, 1.54) is 5.56 Å². The molecule has 1 aliphatic heterocycles. The van der Waals surface area contributed by atoms with Crippen molar-refractivity contribution in [1.29, 1.82) is 0 Å². The van der Waals surface area contributed by atoms with Crippen LogP contribution < -0.4 is 9.47 Å². The molecule has 3 rings (SSSR count). The van der Waals surface area contributed by atoms with Gasteiger partial charge in [-0.15, -0.1) is 5.10 Å². The second-order valence-electron chi connectivity index (χ2n) is 6.44. The number of hydrogen-bond acceptors (Lipinski definition) is 5. The van der Waals surface area contributed by atoms with E-state index < -0.39 is 0 Å². The molecule has 6 nitrogen and oxygen atoms in total. The van der Waals surface area contributed by atoms with Crippen molar-refractivity contribution in [3.05, 3.63) is 48.2 Å². The minimum atomic E-state index is -0.0500. The summed E-state index contributed by atoms with van der Waals surface area (Å²) >= 11 is 0. The van der Waals surface area contributed by atoms with E-state index in [0.717, 1.165) is 6.42 Å². The van der Waals surface area contributed by atoms with Crippen LogP contribution in [0.5, 0.6) is 11.6 Å². The standard InChI is InChI=1S/C19H23N3O3/c1-14(2)15-5-7-16(8-6-15)24-13-19(23)22-11-9-17(12-22)25-18-4-3-10-20-21-18/h3-8,10,14,17H,9,11-13H2,1-2H3. The Labute approximate surface area is 147 Å². The highest BCUT2D eigenvalue weighted by Crippen LogP contribution is 2.19. The number of aromatic nitrogens is 2. The zero-order chi connectivity index (χ0) is 17.6. The lowest BCUT2D eigenvalue weighted by Gasteiger charge is -2.17. The third-order valence-electron chi connectivity index (χ3n) is 4.24. The summed E-state index contributed by atoms with van der Waals surface area (Å²) < 4.78 is 11.4. The van der Waals surface area contributed by atoms with E-state index in [2.05, 4.69) is 24.0 Å². The number of likely N-dealkylation sites (tertiary alicyclic amines) is 1. The van der Waals surface area contributed by atoms with Crippen LogP contribution in [0.15, 0.2) is 42.6 Å². The van der Waals surface area contributed by atoms with E-state index in [1.807, 2.05) is 24.3 Å². The molecule has 2 aromatic rings. The summed E-state index contributed by atoms with van der Waals surface area (Å²) in [6, 6.07) is 11.4. The lowest BCUT2D eigenvalue weighted by molar-refractivity contribution is -0.132. The van der Waals surface area contributed by atoms with Crippen LogP contribution >= 0.6 is 0 Å². The van der Waals surface area contributed by atoms with Crippen molar-refractivity contribution in [1.82, 2.24) is 15.1 Å². The van der Waals surface area contributed by atoms with Crippen LogP contribution in [-0.4, -0.2) is 46.8 Å². The number of hydrogen-bond donors (Lipinski definition) is 0. The molecule has 0 spiro atoms. The van der Waals surface area contributed by atoms with Crippen molar-refractivity contribution < 1.29 is 14.3 Å². The Hall–Kier alpha value is -2.63. The normalized spacial score (nSPS) is 16.9. The average Bonchev–Trinajstić information content (AvgIpc) is 3.09. The smallest absolute Gasteiger partial charge is 0.260 e. The molecule has 0 saturated carbocycles. The molecule has 1 aromatic carbocycles. The first kappa shape index (κ1) is 17.2. The number of benzene rings is 1. The Bertz CT molecular complexity index is 689. The molecule has 0 aliphatic carbocycles. The summed E-state index contributed by atoms with van der Waals surface area (Å²) in [5.41, 5.74) is 1.25. The number of carbonyl (C=O) groups excluding carboxylic acids is 1.